The molecule has 0 saturated heterocycles. The van der Waals surface area contributed by atoms with Gasteiger partial charge < -0.3 is 31.3 Å². The second kappa shape index (κ2) is 13.2. The van der Waals surface area contributed by atoms with Crippen LogP contribution in [0.5, 0.6) is 5.75 Å². The first-order valence-electron chi connectivity index (χ1n) is 10.9. The molecule has 0 aromatic heterocycles. The summed E-state index contributed by atoms with van der Waals surface area (Å²) in [5.74, 6) is -5.29. The summed E-state index contributed by atoms with van der Waals surface area (Å²) >= 11 is 0. The number of nitrogens with one attached hydrogen (secondary N) is 3. The topological polar surface area (TPSA) is 182 Å². The molecule has 0 unspecified atom stereocenters. The number of carbonyl (C=O) groups excluding carboxylic acids is 3. The van der Waals surface area contributed by atoms with E-state index in [0.29, 0.717) is 5.56 Å². The van der Waals surface area contributed by atoms with E-state index >= 15 is 0 Å². The molecule has 0 radical (unpaired) electrons. The molecule has 0 spiro atoms. The smallest absolute Gasteiger partial charge is 0.326 e. The fraction of sp³-hybridized carbons (Fsp3) is 0.522. The van der Waals surface area contributed by atoms with Crippen LogP contribution in [0.15, 0.2) is 24.3 Å². The van der Waals surface area contributed by atoms with Crippen LogP contribution in [0.1, 0.15) is 46.1 Å². The van der Waals surface area contributed by atoms with Crippen molar-refractivity contribution in [1.82, 2.24) is 16.0 Å². The van der Waals surface area contributed by atoms with E-state index in [1.165, 1.54) is 12.1 Å². The predicted molar refractivity (Wildman–Crippen MR) is 122 cm³/mol. The maximum absolute atomic E-state index is 12.9. The molecule has 1 rings (SSSR count). The quantitative estimate of drug-likeness (QED) is 0.238. The van der Waals surface area contributed by atoms with E-state index < -0.39 is 60.1 Å². The van der Waals surface area contributed by atoms with Crippen LogP contribution in [0.25, 0.3) is 0 Å². The average Bonchev–Trinajstić information content (AvgIpc) is 2.71. The molecule has 0 aliphatic carbocycles. The zero-order valence-corrected chi connectivity index (χ0v) is 19.7. The number of hydrogen-bond acceptors (Lipinski definition) is 6. The summed E-state index contributed by atoms with van der Waals surface area (Å²) < 4.78 is 0. The highest BCUT2D eigenvalue weighted by atomic mass is 16.4. The van der Waals surface area contributed by atoms with Crippen LogP contribution in [0.2, 0.25) is 0 Å². The van der Waals surface area contributed by atoms with Crippen molar-refractivity contribution in [1.29, 1.82) is 0 Å². The molecule has 0 bridgehead atoms. The Morgan fingerprint density at radius 3 is 1.85 bits per heavy atom. The Balaban J connectivity index is 2.96. The van der Waals surface area contributed by atoms with E-state index in [1.54, 1.807) is 26.0 Å². The van der Waals surface area contributed by atoms with Crippen LogP contribution in [0, 0.1) is 11.8 Å². The summed E-state index contributed by atoms with van der Waals surface area (Å²) in [5.41, 5.74) is 0.607. The number of benzene rings is 1. The lowest BCUT2D eigenvalue weighted by Crippen LogP contribution is -2.57. The van der Waals surface area contributed by atoms with Gasteiger partial charge in [-0.2, -0.15) is 0 Å². The fourth-order valence-electron chi connectivity index (χ4n) is 3.17. The number of carboxylic acids is 2. The largest absolute Gasteiger partial charge is 0.508 e. The van der Waals surface area contributed by atoms with Gasteiger partial charge in [-0.05, 0) is 36.0 Å². The van der Waals surface area contributed by atoms with Gasteiger partial charge in [0.1, 0.15) is 23.9 Å². The van der Waals surface area contributed by atoms with Gasteiger partial charge in [-0.15, -0.1) is 0 Å². The van der Waals surface area contributed by atoms with Gasteiger partial charge in [-0.3, -0.25) is 19.2 Å². The normalized spacial score (nSPS) is 13.6. The molecule has 11 nitrogen and oxygen atoms in total. The number of amides is 3. The molecule has 0 heterocycles. The number of rotatable bonds is 13. The minimum atomic E-state index is -1.53. The molecule has 0 aliphatic rings. The van der Waals surface area contributed by atoms with Crippen LogP contribution in [0.3, 0.4) is 0 Å². The molecule has 0 aliphatic heterocycles. The van der Waals surface area contributed by atoms with E-state index in [0.717, 1.165) is 0 Å². The molecular weight excluding hydrogens is 446 g/mol. The minimum absolute atomic E-state index is 0.0196. The van der Waals surface area contributed by atoms with Crippen LogP contribution in [-0.2, 0) is 30.4 Å². The van der Waals surface area contributed by atoms with Crippen molar-refractivity contribution < 1.29 is 39.3 Å². The molecule has 3 atom stereocenters. The van der Waals surface area contributed by atoms with Crippen LogP contribution in [0.4, 0.5) is 0 Å². The second-order valence-electron chi connectivity index (χ2n) is 8.82. The third kappa shape index (κ3) is 9.88. The van der Waals surface area contributed by atoms with Gasteiger partial charge in [-0.25, -0.2) is 4.79 Å². The molecule has 3 amide bonds. The predicted octanol–water partition coefficient (Wildman–Crippen LogP) is 0.651. The lowest BCUT2D eigenvalue weighted by atomic mass is 10.0. The Hall–Kier alpha value is -3.63. The minimum Gasteiger partial charge on any atom is -0.508 e. The highest BCUT2D eigenvalue weighted by Gasteiger charge is 2.32. The summed E-state index contributed by atoms with van der Waals surface area (Å²) in [6.07, 6.45) is -0.605. The summed E-state index contributed by atoms with van der Waals surface area (Å²) in [5, 5.41) is 35.0. The first-order chi connectivity index (χ1) is 15.8. The number of aliphatic carboxylic acids is 2. The zero-order chi connectivity index (χ0) is 26.0. The number of aromatic hydroxyl groups is 1. The Morgan fingerprint density at radius 2 is 1.38 bits per heavy atom. The van der Waals surface area contributed by atoms with Gasteiger partial charge in [0.25, 0.3) is 0 Å². The Kier molecular flexibility index (Phi) is 11.0. The Morgan fingerprint density at radius 1 is 0.824 bits per heavy atom. The van der Waals surface area contributed by atoms with Crippen molar-refractivity contribution in [2.75, 3.05) is 0 Å². The standard InChI is InChI=1S/C23H33N3O8/c1-12(2)9-16(24-18(28)10-14-5-7-15(27)8-6-14)21(31)25-17(11-19(29)30)22(32)26-20(13(3)4)23(33)34/h5-8,12-13,16-17,20,27H,9-11H2,1-4H3,(H,24,28)(H,25,31)(H,26,32)(H,29,30)(H,33,34)/t16-,17-,20-/m0/s1. The van der Waals surface area contributed by atoms with Crippen molar-refractivity contribution in [3.8, 4) is 5.75 Å². The molecule has 0 fully saturated rings. The van der Waals surface area contributed by atoms with Gasteiger partial charge in [0.15, 0.2) is 0 Å². The molecular formula is C23H33N3O8. The van der Waals surface area contributed by atoms with E-state index in [9.17, 15) is 39.3 Å². The average molecular weight is 480 g/mol. The lowest BCUT2D eigenvalue weighted by molar-refractivity contribution is -0.144. The summed E-state index contributed by atoms with van der Waals surface area (Å²) in [6.45, 7) is 6.81. The van der Waals surface area contributed by atoms with Crippen molar-refractivity contribution >= 4 is 29.7 Å². The van der Waals surface area contributed by atoms with Crippen LogP contribution >= 0.6 is 0 Å². The van der Waals surface area contributed by atoms with Gasteiger partial charge in [0.05, 0.1) is 12.8 Å². The number of phenols is 1. The first-order valence-corrected chi connectivity index (χ1v) is 10.9. The fourth-order valence-corrected chi connectivity index (χ4v) is 3.17. The Bertz CT molecular complexity index is 883. The number of phenolic OH excluding ortho intramolecular Hbond substituents is 1. The molecule has 1 aromatic carbocycles. The van der Waals surface area contributed by atoms with Crippen LogP contribution in [-0.4, -0.2) is 63.1 Å². The van der Waals surface area contributed by atoms with Crippen molar-refractivity contribution in [2.45, 2.75) is 65.1 Å². The SMILES string of the molecule is CC(C)C[C@H](NC(=O)Cc1ccc(O)cc1)C(=O)N[C@@H](CC(=O)O)C(=O)N[C@H](C(=O)O)C(C)C. The third-order valence-electron chi connectivity index (χ3n) is 4.90. The van der Waals surface area contributed by atoms with Crippen molar-refractivity contribution in [3.05, 3.63) is 29.8 Å². The summed E-state index contributed by atoms with van der Waals surface area (Å²) in [7, 11) is 0. The Labute approximate surface area is 197 Å². The first kappa shape index (κ1) is 28.4. The van der Waals surface area contributed by atoms with Crippen molar-refractivity contribution in [3.63, 3.8) is 0 Å². The van der Waals surface area contributed by atoms with Gasteiger partial charge >= 0.3 is 11.9 Å². The number of hydrogen-bond donors (Lipinski definition) is 6. The molecule has 188 valence electrons. The van der Waals surface area contributed by atoms with E-state index in [-0.39, 0.29) is 24.5 Å². The van der Waals surface area contributed by atoms with Gasteiger partial charge in [0, 0.05) is 0 Å². The van der Waals surface area contributed by atoms with E-state index in [1.807, 2.05) is 13.8 Å². The van der Waals surface area contributed by atoms with E-state index in [2.05, 4.69) is 16.0 Å². The zero-order valence-electron chi connectivity index (χ0n) is 19.7. The van der Waals surface area contributed by atoms with Crippen LogP contribution < -0.4 is 16.0 Å². The molecule has 6 N–H and O–H groups in total. The van der Waals surface area contributed by atoms with Crippen molar-refractivity contribution in [2.24, 2.45) is 11.8 Å². The second-order valence-corrected chi connectivity index (χ2v) is 8.82. The molecule has 1 aromatic rings. The number of carboxylic acid groups (broad SMARTS) is 2. The molecule has 11 heteroatoms. The molecule has 34 heavy (non-hydrogen) atoms. The van der Waals surface area contributed by atoms with E-state index in [4.69, 9.17) is 0 Å². The lowest BCUT2D eigenvalue weighted by Gasteiger charge is -2.25. The summed E-state index contributed by atoms with van der Waals surface area (Å²) in [6, 6.07) is 2.14. The number of carbonyl (C=O) groups is 5. The third-order valence-corrected chi connectivity index (χ3v) is 4.90. The monoisotopic (exact) mass is 479 g/mol. The maximum Gasteiger partial charge on any atom is 0.326 e. The van der Waals surface area contributed by atoms with Gasteiger partial charge in [0.2, 0.25) is 17.7 Å². The molecule has 0 saturated carbocycles. The maximum atomic E-state index is 12.9. The summed E-state index contributed by atoms with van der Waals surface area (Å²) in [4.78, 5) is 60.7. The highest BCUT2D eigenvalue weighted by molar-refractivity contribution is 5.95. The van der Waals surface area contributed by atoms with Gasteiger partial charge in [-0.1, -0.05) is 39.8 Å². The highest BCUT2D eigenvalue weighted by Crippen LogP contribution is 2.11.